The Labute approximate surface area is 179 Å². The fraction of sp³-hybridized carbons (Fsp3) is 0.412. The highest BCUT2D eigenvalue weighted by molar-refractivity contribution is 7.60. The molecule has 2 fully saturated rings. The van der Waals surface area contributed by atoms with Gasteiger partial charge in [-0.1, -0.05) is 0 Å². The van der Waals surface area contributed by atoms with E-state index < -0.39 is 54.1 Å². The summed E-state index contributed by atoms with van der Waals surface area (Å²) in [4.78, 5) is 66.3. The third kappa shape index (κ3) is 3.50. The normalized spacial score (nSPS) is 18.7. The fourth-order valence-electron chi connectivity index (χ4n) is 4.17. The number of piperazine rings is 1. The van der Waals surface area contributed by atoms with Gasteiger partial charge in [-0.3, -0.25) is 13.9 Å². The Balaban J connectivity index is 2.21. The van der Waals surface area contributed by atoms with E-state index in [1.54, 1.807) is 4.90 Å². The monoisotopic (exact) mass is 491 g/mol. The largest absolute Gasteiger partial charge is 0.477 e. The van der Waals surface area contributed by atoms with Gasteiger partial charge in [0.2, 0.25) is 5.43 Å². The van der Waals surface area contributed by atoms with Crippen LogP contribution in [0, 0.1) is 5.82 Å². The molecule has 0 unspecified atom stereocenters. The number of aromatic nitrogens is 1. The minimum Gasteiger partial charge on any atom is -0.477 e. The highest BCUT2D eigenvalue weighted by atomic mass is 31.2. The highest BCUT2D eigenvalue weighted by Crippen LogP contribution is 2.69. The zero-order chi connectivity index (χ0) is 23.6. The molecule has 1 aliphatic heterocycles. The molecule has 174 valence electrons. The van der Waals surface area contributed by atoms with E-state index in [2.05, 4.69) is 5.32 Å². The second-order valence-electron chi connectivity index (χ2n) is 7.80. The third-order valence-corrected chi connectivity index (χ3v) is 8.52. The SMILES string of the molecule is O=C(O)c1c(P(=O)(O)O)n(C2(P(=O)(O)O)CC2)c2cc(N3CCNCC3)c(F)cc2c1=O. The van der Waals surface area contributed by atoms with Gasteiger partial charge in [0.15, 0.2) is 5.44 Å². The molecule has 6 N–H and O–H groups in total. The van der Waals surface area contributed by atoms with Crippen molar-refractivity contribution in [3.63, 3.8) is 0 Å². The fourth-order valence-corrected chi connectivity index (χ4v) is 6.46. The smallest absolute Gasteiger partial charge is 0.373 e. The molecule has 0 amide bonds. The number of hydrogen-bond acceptors (Lipinski definition) is 6. The summed E-state index contributed by atoms with van der Waals surface area (Å²) in [7, 11) is -10.6. The van der Waals surface area contributed by atoms with Crippen molar-refractivity contribution in [1.29, 1.82) is 0 Å². The molecule has 1 aromatic heterocycles. The van der Waals surface area contributed by atoms with Crippen molar-refractivity contribution >= 4 is 43.2 Å². The highest BCUT2D eigenvalue weighted by Gasteiger charge is 2.61. The van der Waals surface area contributed by atoms with Crippen molar-refractivity contribution in [3.05, 3.63) is 33.7 Å². The lowest BCUT2D eigenvalue weighted by Gasteiger charge is -2.31. The Bertz CT molecular complexity index is 1290. The first-order valence-corrected chi connectivity index (χ1v) is 12.8. The molecular formula is C17H20FN3O9P2. The number of carboxylic acid groups (broad SMARTS) is 1. The topological polar surface area (TPSA) is 190 Å². The van der Waals surface area contributed by atoms with Crippen LogP contribution in [0.1, 0.15) is 23.2 Å². The number of hydrogen-bond donors (Lipinski definition) is 6. The molecule has 0 spiro atoms. The Morgan fingerprint density at radius 2 is 1.69 bits per heavy atom. The van der Waals surface area contributed by atoms with Crippen molar-refractivity contribution in [2.24, 2.45) is 0 Å². The van der Waals surface area contributed by atoms with Gasteiger partial charge < -0.3 is 39.5 Å². The lowest BCUT2D eigenvalue weighted by atomic mass is 10.1. The maximum Gasteiger partial charge on any atom is 0.373 e. The lowest BCUT2D eigenvalue weighted by Crippen LogP contribution is -2.44. The third-order valence-electron chi connectivity index (χ3n) is 5.82. The zero-order valence-corrected chi connectivity index (χ0v) is 18.2. The summed E-state index contributed by atoms with van der Waals surface area (Å²) in [6.07, 6.45) is -0.441. The van der Waals surface area contributed by atoms with Gasteiger partial charge in [0, 0.05) is 31.6 Å². The van der Waals surface area contributed by atoms with Gasteiger partial charge in [0.1, 0.15) is 16.7 Å². The summed E-state index contributed by atoms with van der Waals surface area (Å²) in [5.41, 5.74) is -4.39. The van der Waals surface area contributed by atoms with Gasteiger partial charge in [-0.15, -0.1) is 0 Å². The summed E-state index contributed by atoms with van der Waals surface area (Å²) in [5.74, 6) is -2.87. The van der Waals surface area contributed by atoms with E-state index in [1.165, 1.54) is 0 Å². The minimum atomic E-state index is -5.54. The number of nitrogens with zero attached hydrogens (tertiary/aromatic N) is 2. The first-order valence-electron chi connectivity index (χ1n) is 9.53. The van der Waals surface area contributed by atoms with E-state index in [4.69, 9.17) is 0 Å². The van der Waals surface area contributed by atoms with Crippen molar-refractivity contribution in [2.45, 2.75) is 18.1 Å². The summed E-state index contributed by atoms with van der Waals surface area (Å²) in [5, 5.41) is 9.92. The summed E-state index contributed by atoms with van der Waals surface area (Å²) in [6, 6.07) is 1.84. The summed E-state index contributed by atoms with van der Waals surface area (Å²) in [6.45, 7) is 1.77. The second-order valence-corrected chi connectivity index (χ2v) is 11.2. The molecule has 4 rings (SSSR count). The summed E-state index contributed by atoms with van der Waals surface area (Å²) < 4.78 is 40.3. The van der Waals surface area contributed by atoms with Crippen molar-refractivity contribution in [3.8, 4) is 0 Å². The predicted molar refractivity (Wildman–Crippen MR) is 111 cm³/mol. The van der Waals surface area contributed by atoms with Crippen LogP contribution >= 0.6 is 15.2 Å². The van der Waals surface area contributed by atoms with Crippen LogP contribution < -0.4 is 21.1 Å². The maximum atomic E-state index is 15.0. The summed E-state index contributed by atoms with van der Waals surface area (Å²) >= 11 is 0. The van der Waals surface area contributed by atoms with Gasteiger partial charge >= 0.3 is 21.2 Å². The number of carbonyl (C=O) groups is 1. The molecule has 12 nitrogen and oxygen atoms in total. The molecule has 2 heterocycles. The average molecular weight is 491 g/mol. The number of halogens is 1. The molecule has 1 saturated carbocycles. The standard InChI is InChI=1S/C17H20FN3O9P2/c18-10-7-9-11(8-12(10)20-5-3-19-4-6-20)21(17(1-2-17)32(28,29)30)15(31(25,26)27)13(14(9)22)16(23)24/h7-8,19H,1-6H2,(H,23,24)(H2,25,26,27)(H2,28,29,30). The molecule has 1 aliphatic carbocycles. The minimum absolute atomic E-state index is 0.0339. The Hall–Kier alpha value is -2.11. The molecule has 0 radical (unpaired) electrons. The van der Waals surface area contributed by atoms with Gasteiger partial charge in [0.05, 0.1) is 11.2 Å². The van der Waals surface area contributed by atoms with Gasteiger partial charge in [-0.25, -0.2) is 9.18 Å². The predicted octanol–water partition coefficient (Wildman–Crippen LogP) is -0.324. The molecule has 32 heavy (non-hydrogen) atoms. The molecule has 15 heteroatoms. The number of pyridine rings is 1. The number of rotatable bonds is 5. The number of fused-ring (bicyclic) bond motifs is 1. The second kappa shape index (κ2) is 7.46. The molecule has 1 saturated heterocycles. The quantitative estimate of drug-likeness (QED) is 0.301. The van der Waals surface area contributed by atoms with Crippen LogP contribution in [-0.2, 0) is 14.4 Å². The number of nitrogens with one attached hydrogen (secondary N) is 1. The van der Waals surface area contributed by atoms with Gasteiger partial charge in [0.25, 0.3) is 0 Å². The van der Waals surface area contributed by atoms with Gasteiger partial charge in [-0.2, -0.15) is 0 Å². The van der Waals surface area contributed by atoms with E-state index >= 15 is 0 Å². The molecular weight excluding hydrogens is 471 g/mol. The van der Waals surface area contributed by atoms with Crippen LogP contribution in [-0.4, -0.2) is 61.4 Å². The molecule has 1 aromatic carbocycles. The van der Waals surface area contributed by atoms with E-state index in [0.717, 1.165) is 12.1 Å². The first kappa shape index (κ1) is 23.1. The van der Waals surface area contributed by atoms with Crippen LogP contribution in [0.4, 0.5) is 10.1 Å². The number of carboxylic acids is 1. The number of anilines is 1. The average Bonchev–Trinajstić information content (AvgIpc) is 3.49. The van der Waals surface area contributed by atoms with Crippen LogP contribution in [0.2, 0.25) is 0 Å². The van der Waals surface area contributed by atoms with Crippen molar-refractivity contribution in [2.75, 3.05) is 31.1 Å². The van der Waals surface area contributed by atoms with Crippen LogP contribution in [0.5, 0.6) is 0 Å². The zero-order valence-electron chi connectivity index (χ0n) is 16.4. The van der Waals surface area contributed by atoms with Crippen LogP contribution in [0.25, 0.3) is 10.9 Å². The molecule has 2 aromatic rings. The first-order chi connectivity index (χ1) is 14.8. The van der Waals surface area contributed by atoms with E-state index in [1.807, 2.05) is 0 Å². The molecule has 2 aliphatic rings. The Morgan fingerprint density at radius 1 is 1.09 bits per heavy atom. The van der Waals surface area contributed by atoms with Crippen molar-refractivity contribution < 1.29 is 43.0 Å². The van der Waals surface area contributed by atoms with E-state index in [0.29, 0.717) is 30.7 Å². The Morgan fingerprint density at radius 3 is 2.16 bits per heavy atom. The lowest BCUT2D eigenvalue weighted by molar-refractivity contribution is 0.0695. The molecule has 0 bridgehead atoms. The number of benzene rings is 1. The Kier molecular flexibility index (Phi) is 5.38. The van der Waals surface area contributed by atoms with E-state index in [9.17, 15) is 47.8 Å². The van der Waals surface area contributed by atoms with Crippen LogP contribution in [0.15, 0.2) is 16.9 Å². The van der Waals surface area contributed by atoms with E-state index in [-0.39, 0.29) is 24.0 Å². The molecule has 0 atom stereocenters. The van der Waals surface area contributed by atoms with Crippen molar-refractivity contribution in [1.82, 2.24) is 9.88 Å². The number of aromatic carboxylic acids is 1. The maximum absolute atomic E-state index is 15.0. The van der Waals surface area contributed by atoms with Gasteiger partial charge in [-0.05, 0) is 25.0 Å². The van der Waals surface area contributed by atoms with Crippen LogP contribution in [0.3, 0.4) is 0 Å².